The fourth-order valence-corrected chi connectivity index (χ4v) is 2.60. The first-order valence-electron chi connectivity index (χ1n) is 6.90. The summed E-state index contributed by atoms with van der Waals surface area (Å²) in [5.74, 6) is 0.787. The molecule has 0 amide bonds. The van der Waals surface area contributed by atoms with E-state index < -0.39 is 0 Å². The molecule has 4 heteroatoms. The van der Waals surface area contributed by atoms with Crippen LogP contribution in [0.2, 0.25) is 0 Å². The number of likely N-dealkylation sites (tertiary alicyclic amines) is 1. The number of methoxy groups -OCH3 is 1. The smallest absolute Gasteiger partial charge is 0.162 e. The number of piperidine rings is 1. The Morgan fingerprint density at radius 1 is 1.47 bits per heavy atom. The number of phenolic OH excluding ortho intramolecular Hbond substituents is 1. The summed E-state index contributed by atoms with van der Waals surface area (Å²) in [7, 11) is 3.75. The van der Waals surface area contributed by atoms with Gasteiger partial charge in [0.05, 0.1) is 7.11 Å². The average Bonchev–Trinajstić information content (AvgIpc) is 2.41. The summed E-state index contributed by atoms with van der Waals surface area (Å²) in [6.45, 7) is 4.07. The van der Waals surface area contributed by atoms with Gasteiger partial charge in [-0.1, -0.05) is 12.1 Å². The molecule has 2 atom stereocenters. The summed E-state index contributed by atoms with van der Waals surface area (Å²) in [4.78, 5) is 2.39. The monoisotopic (exact) mass is 264 g/mol. The summed E-state index contributed by atoms with van der Waals surface area (Å²) in [5, 5.41) is 13.6. The van der Waals surface area contributed by atoms with Gasteiger partial charge >= 0.3 is 0 Å². The van der Waals surface area contributed by atoms with E-state index in [9.17, 15) is 5.11 Å². The van der Waals surface area contributed by atoms with Gasteiger partial charge in [-0.3, -0.25) is 0 Å². The number of para-hydroxylation sites is 1. The quantitative estimate of drug-likeness (QED) is 0.873. The standard InChI is InChI=1S/C15H24N2O2/c1-11-9-13(7-8-17(11)2)16-10-12-5-4-6-14(19-3)15(12)18/h4-6,11,13,16,18H,7-10H2,1-3H3. The van der Waals surface area contributed by atoms with E-state index in [0.717, 1.165) is 24.9 Å². The van der Waals surface area contributed by atoms with Gasteiger partial charge in [0.15, 0.2) is 11.5 Å². The third kappa shape index (κ3) is 3.39. The van der Waals surface area contributed by atoms with Crippen LogP contribution < -0.4 is 10.1 Å². The number of nitrogens with one attached hydrogen (secondary N) is 1. The lowest BCUT2D eigenvalue weighted by Gasteiger charge is -2.35. The first-order valence-corrected chi connectivity index (χ1v) is 6.90. The molecule has 2 rings (SSSR count). The van der Waals surface area contributed by atoms with Crippen molar-refractivity contribution in [2.24, 2.45) is 0 Å². The Labute approximate surface area is 115 Å². The van der Waals surface area contributed by atoms with Gasteiger partial charge < -0.3 is 20.1 Å². The van der Waals surface area contributed by atoms with Gasteiger partial charge in [0.1, 0.15) is 0 Å². The number of ether oxygens (including phenoxy) is 1. The molecule has 1 saturated heterocycles. The largest absolute Gasteiger partial charge is 0.504 e. The summed E-state index contributed by atoms with van der Waals surface area (Å²) in [6.07, 6.45) is 2.31. The summed E-state index contributed by atoms with van der Waals surface area (Å²) in [6, 6.07) is 6.76. The normalized spacial score (nSPS) is 24.4. The van der Waals surface area contributed by atoms with Gasteiger partial charge in [0.25, 0.3) is 0 Å². The second kappa shape index (κ2) is 6.26. The molecule has 2 N–H and O–H groups in total. The predicted octanol–water partition coefficient (Wildman–Crippen LogP) is 1.97. The van der Waals surface area contributed by atoms with Crippen molar-refractivity contribution >= 4 is 0 Å². The second-order valence-electron chi connectivity index (χ2n) is 5.40. The number of rotatable bonds is 4. The molecule has 0 spiro atoms. The molecule has 1 aliphatic rings. The van der Waals surface area contributed by atoms with E-state index in [1.807, 2.05) is 12.1 Å². The van der Waals surface area contributed by atoms with Crippen molar-refractivity contribution in [2.75, 3.05) is 20.7 Å². The zero-order valence-electron chi connectivity index (χ0n) is 12.0. The summed E-state index contributed by atoms with van der Waals surface area (Å²) >= 11 is 0. The van der Waals surface area contributed by atoms with Crippen molar-refractivity contribution in [3.05, 3.63) is 23.8 Å². The number of nitrogens with zero attached hydrogens (tertiary/aromatic N) is 1. The second-order valence-corrected chi connectivity index (χ2v) is 5.40. The first-order chi connectivity index (χ1) is 9.11. The minimum Gasteiger partial charge on any atom is -0.504 e. The molecule has 2 unspecified atom stereocenters. The van der Waals surface area contributed by atoms with E-state index in [2.05, 4.69) is 24.2 Å². The Bertz CT molecular complexity index is 423. The molecule has 19 heavy (non-hydrogen) atoms. The number of benzene rings is 1. The highest BCUT2D eigenvalue weighted by atomic mass is 16.5. The van der Waals surface area contributed by atoms with Crippen LogP contribution in [0.1, 0.15) is 25.3 Å². The topological polar surface area (TPSA) is 44.7 Å². The number of hydrogen-bond donors (Lipinski definition) is 2. The highest BCUT2D eigenvalue weighted by Crippen LogP contribution is 2.29. The van der Waals surface area contributed by atoms with Gasteiger partial charge in [-0.15, -0.1) is 0 Å². The fourth-order valence-electron chi connectivity index (χ4n) is 2.60. The highest BCUT2D eigenvalue weighted by molar-refractivity contribution is 5.45. The van der Waals surface area contributed by atoms with E-state index in [-0.39, 0.29) is 5.75 Å². The Morgan fingerprint density at radius 2 is 2.26 bits per heavy atom. The molecule has 1 aromatic rings. The van der Waals surface area contributed by atoms with Crippen LogP contribution in [0.4, 0.5) is 0 Å². The lowest BCUT2D eigenvalue weighted by Crippen LogP contribution is -2.45. The van der Waals surface area contributed by atoms with Crippen molar-refractivity contribution < 1.29 is 9.84 Å². The molecule has 106 valence electrons. The molecule has 1 heterocycles. The number of phenols is 1. The third-order valence-corrected chi connectivity index (χ3v) is 4.09. The first kappa shape index (κ1) is 14.2. The lowest BCUT2D eigenvalue weighted by molar-refractivity contribution is 0.168. The third-order valence-electron chi connectivity index (χ3n) is 4.09. The summed E-state index contributed by atoms with van der Waals surface area (Å²) in [5.41, 5.74) is 0.894. The van der Waals surface area contributed by atoms with Crippen LogP contribution in [0.3, 0.4) is 0 Å². The zero-order valence-corrected chi connectivity index (χ0v) is 12.0. The van der Waals surface area contributed by atoms with Gasteiger partial charge in [-0.25, -0.2) is 0 Å². The Morgan fingerprint density at radius 3 is 2.95 bits per heavy atom. The van der Waals surface area contributed by atoms with Crippen LogP contribution in [0.15, 0.2) is 18.2 Å². The van der Waals surface area contributed by atoms with Crippen molar-refractivity contribution in [1.82, 2.24) is 10.2 Å². The predicted molar refractivity (Wildman–Crippen MR) is 76.6 cm³/mol. The molecule has 1 fully saturated rings. The molecule has 1 aliphatic heterocycles. The van der Waals surface area contributed by atoms with Gasteiger partial charge in [0, 0.05) is 24.2 Å². The zero-order chi connectivity index (χ0) is 13.8. The van der Waals surface area contributed by atoms with Crippen molar-refractivity contribution in [3.8, 4) is 11.5 Å². The van der Waals surface area contributed by atoms with Crippen LogP contribution in [0, 0.1) is 0 Å². The summed E-state index contributed by atoms with van der Waals surface area (Å²) < 4.78 is 5.12. The van der Waals surface area contributed by atoms with E-state index >= 15 is 0 Å². The van der Waals surface area contributed by atoms with Gasteiger partial charge in [0.2, 0.25) is 0 Å². The van der Waals surface area contributed by atoms with E-state index in [4.69, 9.17) is 4.74 Å². The molecule has 0 aromatic heterocycles. The van der Waals surface area contributed by atoms with Crippen LogP contribution in [0.5, 0.6) is 11.5 Å². The minimum atomic E-state index is 0.249. The van der Waals surface area contributed by atoms with Gasteiger partial charge in [-0.05, 0) is 39.4 Å². The Balaban J connectivity index is 1.92. The van der Waals surface area contributed by atoms with Gasteiger partial charge in [-0.2, -0.15) is 0 Å². The Kier molecular flexibility index (Phi) is 4.66. The molecular weight excluding hydrogens is 240 g/mol. The van der Waals surface area contributed by atoms with Crippen molar-refractivity contribution in [2.45, 2.75) is 38.4 Å². The fraction of sp³-hybridized carbons (Fsp3) is 0.600. The van der Waals surface area contributed by atoms with Crippen LogP contribution >= 0.6 is 0 Å². The van der Waals surface area contributed by atoms with Crippen molar-refractivity contribution in [3.63, 3.8) is 0 Å². The minimum absolute atomic E-state index is 0.249. The maximum absolute atomic E-state index is 10.0. The molecule has 4 nitrogen and oxygen atoms in total. The molecule has 0 bridgehead atoms. The SMILES string of the molecule is COc1cccc(CNC2CCN(C)C(C)C2)c1O. The number of hydrogen-bond acceptors (Lipinski definition) is 4. The van der Waals surface area contributed by atoms with Crippen LogP contribution in [-0.4, -0.2) is 42.8 Å². The Hall–Kier alpha value is -1.26. The highest BCUT2D eigenvalue weighted by Gasteiger charge is 2.22. The molecule has 1 aromatic carbocycles. The number of aromatic hydroxyl groups is 1. The van der Waals surface area contributed by atoms with Crippen LogP contribution in [-0.2, 0) is 6.54 Å². The average molecular weight is 264 g/mol. The molecule has 0 radical (unpaired) electrons. The maximum Gasteiger partial charge on any atom is 0.162 e. The molecular formula is C15H24N2O2. The maximum atomic E-state index is 10.0. The molecule has 0 saturated carbocycles. The molecule has 0 aliphatic carbocycles. The van der Waals surface area contributed by atoms with E-state index in [0.29, 0.717) is 24.4 Å². The van der Waals surface area contributed by atoms with Crippen LogP contribution in [0.25, 0.3) is 0 Å². The van der Waals surface area contributed by atoms with Crippen molar-refractivity contribution in [1.29, 1.82) is 0 Å². The lowest BCUT2D eigenvalue weighted by atomic mass is 9.98. The van der Waals surface area contributed by atoms with E-state index in [1.165, 1.54) is 0 Å². The van der Waals surface area contributed by atoms with E-state index in [1.54, 1.807) is 13.2 Å².